The number of hydrogen-bond acceptors (Lipinski definition) is 3. The SMILES string of the molecule is Nc1cc(Cl)ccc1-n1nccc1CCO. The largest absolute Gasteiger partial charge is 0.397 e. The molecular formula is C11H12ClN3O. The summed E-state index contributed by atoms with van der Waals surface area (Å²) in [5, 5.41) is 13.7. The van der Waals surface area contributed by atoms with Gasteiger partial charge in [-0.3, -0.25) is 0 Å². The van der Waals surface area contributed by atoms with E-state index < -0.39 is 0 Å². The topological polar surface area (TPSA) is 64.1 Å². The molecule has 1 aromatic heterocycles. The van der Waals surface area contributed by atoms with Gasteiger partial charge in [-0.2, -0.15) is 5.10 Å². The molecule has 1 aromatic carbocycles. The predicted molar refractivity (Wildman–Crippen MR) is 63.8 cm³/mol. The zero-order chi connectivity index (χ0) is 11.5. The van der Waals surface area contributed by atoms with E-state index in [9.17, 15) is 0 Å². The van der Waals surface area contributed by atoms with E-state index in [2.05, 4.69) is 5.10 Å². The van der Waals surface area contributed by atoms with Crippen LogP contribution < -0.4 is 5.73 Å². The van der Waals surface area contributed by atoms with E-state index in [1.807, 2.05) is 12.1 Å². The molecule has 84 valence electrons. The van der Waals surface area contributed by atoms with Gasteiger partial charge in [0.25, 0.3) is 0 Å². The zero-order valence-corrected chi connectivity index (χ0v) is 9.35. The Morgan fingerprint density at radius 3 is 2.88 bits per heavy atom. The highest BCUT2D eigenvalue weighted by Gasteiger charge is 2.07. The highest BCUT2D eigenvalue weighted by Crippen LogP contribution is 2.22. The van der Waals surface area contributed by atoms with Crippen LogP contribution in [0.15, 0.2) is 30.5 Å². The van der Waals surface area contributed by atoms with Gasteiger partial charge in [-0.15, -0.1) is 0 Å². The molecule has 0 saturated heterocycles. The number of nitrogens with zero attached hydrogens (tertiary/aromatic N) is 2. The summed E-state index contributed by atoms with van der Waals surface area (Å²) in [6.45, 7) is 0.0825. The van der Waals surface area contributed by atoms with Crippen LogP contribution >= 0.6 is 11.6 Å². The van der Waals surface area contributed by atoms with Crippen LogP contribution in [0.2, 0.25) is 5.02 Å². The Hall–Kier alpha value is -1.52. The summed E-state index contributed by atoms with van der Waals surface area (Å²) in [5.74, 6) is 0. The van der Waals surface area contributed by atoms with Gasteiger partial charge in [0, 0.05) is 29.9 Å². The predicted octanol–water partition coefficient (Wildman–Crippen LogP) is 1.64. The number of nitrogens with two attached hydrogens (primary N) is 1. The van der Waals surface area contributed by atoms with E-state index in [0.717, 1.165) is 11.4 Å². The molecule has 2 aromatic rings. The minimum Gasteiger partial charge on any atom is -0.397 e. The molecule has 1 heterocycles. The lowest BCUT2D eigenvalue weighted by molar-refractivity contribution is 0.297. The monoisotopic (exact) mass is 237 g/mol. The lowest BCUT2D eigenvalue weighted by Crippen LogP contribution is -2.06. The van der Waals surface area contributed by atoms with Crippen molar-refractivity contribution in [3.63, 3.8) is 0 Å². The van der Waals surface area contributed by atoms with E-state index in [1.165, 1.54) is 0 Å². The van der Waals surface area contributed by atoms with Crippen LogP contribution in [0.25, 0.3) is 5.69 Å². The summed E-state index contributed by atoms with van der Waals surface area (Å²) in [6.07, 6.45) is 2.22. The highest BCUT2D eigenvalue weighted by atomic mass is 35.5. The first kappa shape index (κ1) is 11.0. The van der Waals surface area contributed by atoms with Gasteiger partial charge in [0.1, 0.15) is 0 Å². The summed E-state index contributed by atoms with van der Waals surface area (Å²) in [4.78, 5) is 0. The molecule has 4 nitrogen and oxygen atoms in total. The molecule has 0 amide bonds. The summed E-state index contributed by atoms with van der Waals surface area (Å²) in [7, 11) is 0. The smallest absolute Gasteiger partial charge is 0.0879 e. The molecule has 0 atom stereocenters. The van der Waals surface area contributed by atoms with Crippen LogP contribution in [-0.2, 0) is 6.42 Å². The van der Waals surface area contributed by atoms with Gasteiger partial charge in [-0.05, 0) is 24.3 Å². The third kappa shape index (κ3) is 2.03. The first-order valence-electron chi connectivity index (χ1n) is 4.91. The van der Waals surface area contributed by atoms with Crippen molar-refractivity contribution in [3.05, 3.63) is 41.2 Å². The van der Waals surface area contributed by atoms with Gasteiger partial charge in [0.2, 0.25) is 0 Å². The van der Waals surface area contributed by atoms with E-state index in [1.54, 1.807) is 23.0 Å². The van der Waals surface area contributed by atoms with Crippen molar-refractivity contribution in [2.75, 3.05) is 12.3 Å². The van der Waals surface area contributed by atoms with Gasteiger partial charge < -0.3 is 10.8 Å². The number of benzene rings is 1. The normalized spacial score (nSPS) is 10.6. The van der Waals surface area contributed by atoms with Crippen LogP contribution in [0, 0.1) is 0 Å². The average Bonchev–Trinajstić information content (AvgIpc) is 2.67. The molecule has 0 saturated carbocycles. The Morgan fingerprint density at radius 2 is 2.19 bits per heavy atom. The molecule has 2 rings (SSSR count). The van der Waals surface area contributed by atoms with E-state index in [4.69, 9.17) is 22.4 Å². The number of rotatable bonds is 3. The van der Waals surface area contributed by atoms with Gasteiger partial charge in [-0.1, -0.05) is 11.6 Å². The number of nitrogen functional groups attached to an aromatic ring is 1. The number of aromatic nitrogens is 2. The van der Waals surface area contributed by atoms with Crippen molar-refractivity contribution >= 4 is 17.3 Å². The van der Waals surface area contributed by atoms with E-state index in [-0.39, 0.29) is 6.61 Å². The molecule has 5 heteroatoms. The van der Waals surface area contributed by atoms with Crippen molar-refractivity contribution in [1.29, 1.82) is 0 Å². The van der Waals surface area contributed by atoms with Crippen molar-refractivity contribution in [1.82, 2.24) is 9.78 Å². The molecule has 0 radical (unpaired) electrons. The molecule has 0 aliphatic carbocycles. The number of anilines is 1. The van der Waals surface area contributed by atoms with Crippen LogP contribution in [0.3, 0.4) is 0 Å². The molecule has 0 aliphatic rings. The fraction of sp³-hybridized carbons (Fsp3) is 0.182. The third-order valence-electron chi connectivity index (χ3n) is 2.31. The second kappa shape index (κ2) is 4.55. The second-order valence-corrected chi connectivity index (χ2v) is 3.85. The fourth-order valence-electron chi connectivity index (χ4n) is 1.57. The maximum absolute atomic E-state index is 8.93. The van der Waals surface area contributed by atoms with Gasteiger partial charge >= 0.3 is 0 Å². The number of aliphatic hydroxyl groups excluding tert-OH is 1. The third-order valence-corrected chi connectivity index (χ3v) is 2.54. The maximum Gasteiger partial charge on any atom is 0.0879 e. The van der Waals surface area contributed by atoms with Crippen molar-refractivity contribution < 1.29 is 5.11 Å². The second-order valence-electron chi connectivity index (χ2n) is 3.41. The Labute approximate surface area is 98.3 Å². The number of aliphatic hydroxyl groups is 1. The van der Waals surface area contributed by atoms with Crippen LogP contribution in [0.5, 0.6) is 0 Å². The minimum atomic E-state index is 0.0825. The summed E-state index contributed by atoms with van der Waals surface area (Å²) < 4.78 is 1.71. The first-order chi connectivity index (χ1) is 7.72. The Bertz CT molecular complexity index is 496. The van der Waals surface area contributed by atoms with Crippen molar-refractivity contribution in [2.24, 2.45) is 0 Å². The quantitative estimate of drug-likeness (QED) is 0.798. The molecule has 0 aliphatic heterocycles. The van der Waals surface area contributed by atoms with E-state index >= 15 is 0 Å². The average molecular weight is 238 g/mol. The minimum absolute atomic E-state index is 0.0825. The lowest BCUT2D eigenvalue weighted by atomic mass is 10.2. The summed E-state index contributed by atoms with van der Waals surface area (Å²) in [5.41, 5.74) is 8.12. The van der Waals surface area contributed by atoms with Crippen LogP contribution in [0.4, 0.5) is 5.69 Å². The van der Waals surface area contributed by atoms with Crippen LogP contribution in [0.1, 0.15) is 5.69 Å². The van der Waals surface area contributed by atoms with Crippen molar-refractivity contribution in [3.8, 4) is 5.69 Å². The Kier molecular flexibility index (Phi) is 3.12. The highest BCUT2D eigenvalue weighted by molar-refractivity contribution is 6.30. The Balaban J connectivity index is 2.46. The standard InChI is InChI=1S/C11H12ClN3O/c12-8-1-2-11(10(13)7-8)15-9(4-6-16)3-5-14-15/h1-3,5,7,16H,4,6,13H2. The van der Waals surface area contributed by atoms with Gasteiger partial charge in [0.15, 0.2) is 0 Å². The van der Waals surface area contributed by atoms with Crippen LogP contribution in [-0.4, -0.2) is 21.5 Å². The molecule has 16 heavy (non-hydrogen) atoms. The molecular weight excluding hydrogens is 226 g/mol. The summed E-state index contributed by atoms with van der Waals surface area (Å²) in [6, 6.07) is 7.11. The molecule has 0 bridgehead atoms. The summed E-state index contributed by atoms with van der Waals surface area (Å²) >= 11 is 5.83. The maximum atomic E-state index is 8.93. The number of hydrogen-bond donors (Lipinski definition) is 2. The number of halogens is 1. The van der Waals surface area contributed by atoms with Gasteiger partial charge in [-0.25, -0.2) is 4.68 Å². The van der Waals surface area contributed by atoms with E-state index in [0.29, 0.717) is 17.1 Å². The first-order valence-corrected chi connectivity index (χ1v) is 5.29. The van der Waals surface area contributed by atoms with Gasteiger partial charge in [0.05, 0.1) is 11.4 Å². The molecule has 0 fully saturated rings. The fourth-order valence-corrected chi connectivity index (χ4v) is 1.75. The lowest BCUT2D eigenvalue weighted by Gasteiger charge is -2.09. The molecule has 0 unspecified atom stereocenters. The molecule has 0 spiro atoms. The Morgan fingerprint density at radius 1 is 1.38 bits per heavy atom. The zero-order valence-electron chi connectivity index (χ0n) is 8.60. The van der Waals surface area contributed by atoms with Crippen molar-refractivity contribution in [2.45, 2.75) is 6.42 Å². The molecule has 3 N–H and O–H groups in total.